The lowest BCUT2D eigenvalue weighted by molar-refractivity contribution is -0.275. The molecule has 3 aromatic rings. The Morgan fingerprint density at radius 2 is 1.81 bits per heavy atom. The number of ether oxygens (including phenoxy) is 2. The summed E-state index contributed by atoms with van der Waals surface area (Å²) in [6.45, 7) is 8.43. The van der Waals surface area contributed by atoms with Crippen molar-refractivity contribution in [2.45, 2.75) is 76.9 Å². The average Bonchev–Trinajstić information content (AvgIpc) is 3.50. The number of carbonyl (C=O) groups excluding carboxylic acids is 1. The molecule has 1 N–H and O–H groups in total. The fraction of sp³-hybridized carbons (Fsp3) is 0.583. The van der Waals surface area contributed by atoms with E-state index in [1.807, 2.05) is 25.7 Å². The van der Waals surface area contributed by atoms with E-state index in [1.54, 1.807) is 22.5 Å². The molecule has 37 heavy (non-hydrogen) atoms. The summed E-state index contributed by atoms with van der Waals surface area (Å²) in [5.41, 5.74) is -2.37. The van der Waals surface area contributed by atoms with Crippen LogP contribution < -0.4 is 9.64 Å². The van der Waals surface area contributed by atoms with Crippen LogP contribution in [0.25, 0.3) is 16.3 Å². The van der Waals surface area contributed by atoms with Crippen molar-refractivity contribution >= 4 is 29.0 Å². The van der Waals surface area contributed by atoms with Crippen molar-refractivity contribution in [3.05, 3.63) is 23.7 Å². The summed E-state index contributed by atoms with van der Waals surface area (Å²) in [7, 11) is 0. The highest BCUT2D eigenvalue weighted by Crippen LogP contribution is 2.37. The molecule has 2 aliphatic rings. The average molecular weight is 537 g/mol. The summed E-state index contributed by atoms with van der Waals surface area (Å²) >= 11 is 1.38. The smallest absolute Gasteiger partial charge is 0.426 e. The highest BCUT2D eigenvalue weighted by Gasteiger charge is 2.49. The number of piperazine rings is 1. The Kier molecular flexibility index (Phi) is 6.06. The lowest BCUT2D eigenvalue weighted by atomic mass is 10.1. The second kappa shape index (κ2) is 8.76. The van der Waals surface area contributed by atoms with Gasteiger partial charge in [0, 0.05) is 24.7 Å². The third-order valence-electron chi connectivity index (χ3n) is 6.41. The van der Waals surface area contributed by atoms with Gasteiger partial charge in [0.2, 0.25) is 11.6 Å². The number of carbonyl (C=O) groups is 1. The number of alkyl halides is 2. The number of fused-ring (bicyclic) bond motifs is 3. The molecule has 1 amide bonds. The van der Waals surface area contributed by atoms with E-state index < -0.39 is 17.3 Å². The van der Waals surface area contributed by atoms with Crippen molar-refractivity contribution < 1.29 is 28.2 Å². The maximum absolute atomic E-state index is 14.6. The monoisotopic (exact) mass is 536 g/mol. The zero-order valence-corrected chi connectivity index (χ0v) is 22.1. The summed E-state index contributed by atoms with van der Waals surface area (Å²) in [4.78, 5) is 25.5. The summed E-state index contributed by atoms with van der Waals surface area (Å²) in [5, 5.41) is 17.0. The van der Waals surface area contributed by atoms with Gasteiger partial charge in [0.1, 0.15) is 16.3 Å². The van der Waals surface area contributed by atoms with E-state index in [-0.39, 0.29) is 29.6 Å². The lowest BCUT2D eigenvalue weighted by Gasteiger charge is -2.40. The Bertz CT molecular complexity index is 1290. The van der Waals surface area contributed by atoms with Gasteiger partial charge in [-0.3, -0.25) is 4.90 Å². The van der Waals surface area contributed by atoms with E-state index in [0.717, 1.165) is 26.7 Å². The van der Waals surface area contributed by atoms with Crippen LogP contribution in [0.15, 0.2) is 23.7 Å². The van der Waals surface area contributed by atoms with Crippen LogP contribution in [0.3, 0.4) is 0 Å². The number of aliphatic hydroxyl groups is 1. The van der Waals surface area contributed by atoms with Crippen LogP contribution >= 0.6 is 11.3 Å². The molecule has 2 bridgehead atoms. The van der Waals surface area contributed by atoms with E-state index in [1.165, 1.54) is 21.9 Å². The third-order valence-corrected chi connectivity index (χ3v) is 7.20. The molecule has 2 aliphatic heterocycles. The molecule has 0 radical (unpaired) electrons. The van der Waals surface area contributed by atoms with Gasteiger partial charge >= 0.3 is 12.2 Å². The van der Waals surface area contributed by atoms with E-state index >= 15 is 0 Å². The van der Waals surface area contributed by atoms with Crippen molar-refractivity contribution in [2.24, 2.45) is 0 Å². The fourth-order valence-corrected chi connectivity index (χ4v) is 5.24. The summed E-state index contributed by atoms with van der Waals surface area (Å²) in [6.07, 6.45) is -0.919. The van der Waals surface area contributed by atoms with Crippen LogP contribution in [0.2, 0.25) is 0 Å². The zero-order chi connectivity index (χ0) is 26.8. The van der Waals surface area contributed by atoms with Gasteiger partial charge < -0.3 is 19.5 Å². The van der Waals surface area contributed by atoms with Gasteiger partial charge in [-0.25, -0.2) is 14.3 Å². The Morgan fingerprint density at radius 3 is 2.38 bits per heavy atom. The minimum absolute atomic E-state index is 0.0751. The lowest BCUT2D eigenvalue weighted by Crippen LogP contribution is -2.57. The van der Waals surface area contributed by atoms with E-state index in [9.17, 15) is 18.7 Å². The highest BCUT2D eigenvalue weighted by atomic mass is 32.1. The largest absolute Gasteiger partial charge is 0.444 e. The molecule has 0 aromatic carbocycles. The molecule has 0 saturated carbocycles. The molecule has 2 fully saturated rings. The van der Waals surface area contributed by atoms with Crippen LogP contribution in [0.5, 0.6) is 5.75 Å². The molecule has 5 rings (SSSR count). The first kappa shape index (κ1) is 25.6. The molecule has 2 saturated heterocycles. The first-order valence-electron chi connectivity index (χ1n) is 12.1. The Labute approximate surface area is 216 Å². The number of thiazole rings is 1. The molecule has 10 nitrogen and oxygen atoms in total. The Balaban J connectivity index is 1.49. The minimum atomic E-state index is -3.87. The predicted molar refractivity (Wildman–Crippen MR) is 133 cm³/mol. The van der Waals surface area contributed by atoms with Gasteiger partial charge in [0.05, 0.1) is 12.1 Å². The number of rotatable bonds is 5. The SMILES string of the molecule is CC(C)(C)OC(=O)N1C2CCC1CN(c1nc3c(OC(F)(F)C(C)(C)O)ccc(-c4nccs4)n3n1)C2. The standard InChI is InChI=1S/C24H30F2N6O4S/c1-22(2,3)36-21(33)31-14-6-7-15(31)13-30(12-14)20-28-18-17(35-24(25,26)23(4,5)34)9-8-16(32(18)29-20)19-27-10-11-37-19/h8-11,14-15,34H,6-7,12-13H2,1-5H3. The van der Waals surface area contributed by atoms with Gasteiger partial charge in [-0.15, -0.1) is 16.4 Å². The zero-order valence-electron chi connectivity index (χ0n) is 21.3. The number of nitrogens with zero attached hydrogens (tertiary/aromatic N) is 6. The molecule has 0 aliphatic carbocycles. The van der Waals surface area contributed by atoms with Crippen molar-refractivity contribution in [1.29, 1.82) is 0 Å². The number of aromatic nitrogens is 4. The maximum Gasteiger partial charge on any atom is 0.426 e. The topological polar surface area (TPSA) is 105 Å². The van der Waals surface area contributed by atoms with Crippen LogP contribution in [-0.2, 0) is 4.74 Å². The second-order valence-corrected chi connectivity index (χ2v) is 11.8. The Morgan fingerprint density at radius 1 is 1.14 bits per heavy atom. The van der Waals surface area contributed by atoms with Gasteiger partial charge in [0.25, 0.3) is 0 Å². The summed E-state index contributed by atoms with van der Waals surface area (Å²) < 4.78 is 41.3. The fourth-order valence-electron chi connectivity index (χ4n) is 4.60. The molecule has 3 aromatic heterocycles. The highest BCUT2D eigenvalue weighted by molar-refractivity contribution is 7.13. The number of hydrogen-bond donors (Lipinski definition) is 1. The molecule has 200 valence electrons. The van der Waals surface area contributed by atoms with Gasteiger partial charge in [0.15, 0.2) is 11.4 Å². The number of hydrogen-bond acceptors (Lipinski definition) is 9. The predicted octanol–water partition coefficient (Wildman–Crippen LogP) is 4.18. The first-order valence-corrected chi connectivity index (χ1v) is 13.0. The number of pyridine rings is 1. The Hall–Kier alpha value is -3.06. The third kappa shape index (κ3) is 4.81. The van der Waals surface area contributed by atoms with Crippen LogP contribution in [0, 0.1) is 0 Å². The van der Waals surface area contributed by atoms with Crippen molar-refractivity contribution in [1.82, 2.24) is 24.5 Å². The number of amides is 1. The van der Waals surface area contributed by atoms with Crippen LogP contribution in [0.1, 0.15) is 47.5 Å². The quantitative estimate of drug-likeness (QED) is 0.518. The molecule has 2 atom stereocenters. The molecular weight excluding hydrogens is 506 g/mol. The second-order valence-electron chi connectivity index (χ2n) is 10.9. The minimum Gasteiger partial charge on any atom is -0.444 e. The summed E-state index contributed by atoms with van der Waals surface area (Å²) in [6, 6.07) is 2.82. The number of anilines is 1. The number of halogens is 2. The normalized spacial score (nSPS) is 20.5. The van der Waals surface area contributed by atoms with Crippen LogP contribution in [0.4, 0.5) is 19.5 Å². The first-order chi connectivity index (χ1) is 17.2. The van der Waals surface area contributed by atoms with E-state index in [4.69, 9.17) is 9.47 Å². The van der Waals surface area contributed by atoms with E-state index in [2.05, 4.69) is 15.1 Å². The van der Waals surface area contributed by atoms with Crippen molar-refractivity contribution in [3.63, 3.8) is 0 Å². The molecule has 0 spiro atoms. The maximum atomic E-state index is 14.6. The summed E-state index contributed by atoms with van der Waals surface area (Å²) in [5.74, 6) is 0.114. The van der Waals surface area contributed by atoms with Gasteiger partial charge in [-0.05, 0) is 59.6 Å². The van der Waals surface area contributed by atoms with E-state index in [0.29, 0.717) is 29.7 Å². The van der Waals surface area contributed by atoms with Gasteiger partial charge in [-0.2, -0.15) is 13.8 Å². The molecule has 13 heteroatoms. The molecule has 2 unspecified atom stereocenters. The molecular formula is C24H30F2N6O4S. The van der Waals surface area contributed by atoms with Crippen LogP contribution in [-0.4, -0.2) is 78.2 Å². The van der Waals surface area contributed by atoms with Crippen molar-refractivity contribution in [3.8, 4) is 16.5 Å². The van der Waals surface area contributed by atoms with Gasteiger partial charge in [-0.1, -0.05) is 0 Å². The molecule has 5 heterocycles. The van der Waals surface area contributed by atoms with Crippen molar-refractivity contribution in [2.75, 3.05) is 18.0 Å².